The number of hydrogen-bond donors (Lipinski definition) is 0. The minimum absolute atomic E-state index is 0.00280. The highest BCUT2D eigenvalue weighted by molar-refractivity contribution is 7.10. The van der Waals surface area contributed by atoms with E-state index in [4.69, 9.17) is 9.26 Å². The van der Waals surface area contributed by atoms with E-state index in [1.807, 2.05) is 69.5 Å². The van der Waals surface area contributed by atoms with E-state index in [1.54, 1.807) is 4.90 Å². The fourth-order valence-corrected chi connectivity index (χ4v) is 4.67. The molecule has 3 heterocycles. The normalized spacial score (nSPS) is 19.2. The molecule has 4 rings (SSSR count). The van der Waals surface area contributed by atoms with Gasteiger partial charge in [0.25, 0.3) is 5.89 Å². The molecule has 0 spiro atoms. The SMILES string of the molecule is Cc1ccc(N2C(=O)CC[C@H](C(=O)OCc3nc(C(C)(C)C)no3)[C@@H]2c2cccs2)cc1. The van der Waals surface area contributed by atoms with Crippen molar-refractivity contribution in [3.05, 3.63) is 63.9 Å². The third-order valence-corrected chi connectivity index (χ3v) is 6.47. The van der Waals surface area contributed by atoms with Crippen LogP contribution in [0.2, 0.25) is 0 Å². The zero-order valence-electron chi connectivity index (χ0n) is 18.7. The molecule has 1 aromatic carbocycles. The van der Waals surface area contributed by atoms with Crippen molar-refractivity contribution in [3.63, 3.8) is 0 Å². The third-order valence-electron chi connectivity index (χ3n) is 5.52. The summed E-state index contributed by atoms with van der Waals surface area (Å²) in [4.78, 5) is 33.2. The largest absolute Gasteiger partial charge is 0.455 e. The second kappa shape index (κ2) is 8.86. The van der Waals surface area contributed by atoms with Crippen LogP contribution in [0.1, 0.15) is 61.8 Å². The topological polar surface area (TPSA) is 85.5 Å². The number of carbonyl (C=O) groups is 2. The average molecular weight is 454 g/mol. The summed E-state index contributed by atoms with van der Waals surface area (Å²) in [6.45, 7) is 7.86. The van der Waals surface area contributed by atoms with E-state index < -0.39 is 12.0 Å². The van der Waals surface area contributed by atoms with Crippen molar-refractivity contribution < 1.29 is 18.8 Å². The number of benzene rings is 1. The minimum atomic E-state index is -0.488. The number of aromatic nitrogens is 2. The summed E-state index contributed by atoms with van der Waals surface area (Å²) >= 11 is 1.53. The quantitative estimate of drug-likeness (QED) is 0.507. The van der Waals surface area contributed by atoms with Crippen molar-refractivity contribution in [2.75, 3.05) is 4.90 Å². The molecule has 1 aliphatic rings. The first-order chi connectivity index (χ1) is 15.2. The lowest BCUT2D eigenvalue weighted by Crippen LogP contribution is -2.45. The third kappa shape index (κ3) is 4.60. The zero-order valence-corrected chi connectivity index (χ0v) is 19.5. The monoisotopic (exact) mass is 453 g/mol. The van der Waals surface area contributed by atoms with Crippen molar-refractivity contribution in [2.24, 2.45) is 5.92 Å². The van der Waals surface area contributed by atoms with Crippen LogP contribution < -0.4 is 4.90 Å². The van der Waals surface area contributed by atoms with Crippen molar-refractivity contribution in [2.45, 2.75) is 58.6 Å². The number of nitrogens with zero attached hydrogens (tertiary/aromatic N) is 3. The first-order valence-electron chi connectivity index (χ1n) is 10.7. The summed E-state index contributed by atoms with van der Waals surface area (Å²) in [7, 11) is 0. The van der Waals surface area contributed by atoms with Crippen LogP contribution in [-0.4, -0.2) is 22.0 Å². The summed E-state index contributed by atoms with van der Waals surface area (Å²) < 4.78 is 10.8. The van der Waals surface area contributed by atoms with Crippen LogP contribution in [0.15, 0.2) is 46.3 Å². The van der Waals surface area contributed by atoms with Crippen LogP contribution in [0.25, 0.3) is 0 Å². The van der Waals surface area contributed by atoms with E-state index >= 15 is 0 Å². The fourth-order valence-electron chi connectivity index (χ4n) is 3.79. The van der Waals surface area contributed by atoms with Crippen LogP contribution in [0.5, 0.6) is 0 Å². The van der Waals surface area contributed by atoms with Crippen LogP contribution in [0.3, 0.4) is 0 Å². The maximum absolute atomic E-state index is 13.2. The molecular weight excluding hydrogens is 426 g/mol. The summed E-state index contributed by atoms with van der Waals surface area (Å²) in [5.74, 6) is -0.0312. The number of hydrogen-bond acceptors (Lipinski definition) is 7. The highest BCUT2D eigenvalue weighted by atomic mass is 32.1. The van der Waals surface area contributed by atoms with E-state index in [9.17, 15) is 9.59 Å². The van der Waals surface area contributed by atoms with Gasteiger partial charge in [-0.3, -0.25) is 9.59 Å². The van der Waals surface area contributed by atoms with E-state index in [0.29, 0.717) is 12.2 Å². The van der Waals surface area contributed by atoms with Gasteiger partial charge in [-0.2, -0.15) is 4.98 Å². The summed E-state index contributed by atoms with van der Waals surface area (Å²) in [6, 6.07) is 11.3. The van der Waals surface area contributed by atoms with Gasteiger partial charge in [0.15, 0.2) is 12.4 Å². The van der Waals surface area contributed by atoms with Gasteiger partial charge in [0.05, 0.1) is 12.0 Å². The van der Waals surface area contributed by atoms with Crippen LogP contribution in [0, 0.1) is 12.8 Å². The van der Waals surface area contributed by atoms with Crippen LogP contribution >= 0.6 is 11.3 Å². The number of esters is 1. The molecule has 7 nitrogen and oxygen atoms in total. The number of thiophene rings is 1. The van der Waals surface area contributed by atoms with E-state index in [-0.39, 0.29) is 36.2 Å². The molecule has 2 aromatic heterocycles. The molecule has 0 unspecified atom stereocenters. The standard InChI is InChI=1S/C24H27N3O4S/c1-15-7-9-16(10-8-15)27-20(28)12-11-17(21(27)18-6-5-13-32-18)22(29)30-14-19-25-23(26-31-19)24(2,3)4/h5-10,13,17,21H,11-12,14H2,1-4H3/t17-,21+/m0/s1. The predicted molar refractivity (Wildman–Crippen MR) is 121 cm³/mol. The van der Waals surface area contributed by atoms with Crippen molar-refractivity contribution in [1.82, 2.24) is 10.1 Å². The molecule has 0 aliphatic carbocycles. The van der Waals surface area contributed by atoms with Gasteiger partial charge in [-0.05, 0) is 36.9 Å². The van der Waals surface area contributed by atoms with Gasteiger partial charge >= 0.3 is 5.97 Å². The van der Waals surface area contributed by atoms with Crippen LogP contribution in [-0.2, 0) is 26.3 Å². The lowest BCUT2D eigenvalue weighted by Gasteiger charge is -2.39. The number of anilines is 1. The second-order valence-corrected chi connectivity index (χ2v) is 10.1. The number of carbonyl (C=O) groups excluding carboxylic acids is 2. The Morgan fingerprint density at radius 2 is 2.00 bits per heavy atom. The maximum atomic E-state index is 13.2. The molecule has 1 amide bonds. The number of rotatable bonds is 5. The smallest absolute Gasteiger partial charge is 0.311 e. The van der Waals surface area contributed by atoms with Crippen molar-refractivity contribution in [1.29, 1.82) is 0 Å². The maximum Gasteiger partial charge on any atom is 0.311 e. The molecular formula is C24H27N3O4S. The van der Waals surface area contributed by atoms with Gasteiger partial charge < -0.3 is 14.2 Å². The van der Waals surface area contributed by atoms with E-state index in [1.165, 1.54) is 11.3 Å². The molecule has 3 aromatic rings. The molecule has 32 heavy (non-hydrogen) atoms. The number of piperidine rings is 1. The Morgan fingerprint density at radius 1 is 1.25 bits per heavy atom. The Bertz CT molecular complexity index is 1080. The lowest BCUT2D eigenvalue weighted by atomic mass is 9.87. The van der Waals surface area contributed by atoms with E-state index in [0.717, 1.165) is 16.1 Å². The van der Waals surface area contributed by atoms with Gasteiger partial charge in [-0.15, -0.1) is 11.3 Å². The highest BCUT2D eigenvalue weighted by Crippen LogP contribution is 2.42. The fraction of sp³-hybridized carbons (Fsp3) is 0.417. The second-order valence-electron chi connectivity index (χ2n) is 9.07. The molecule has 0 radical (unpaired) electrons. The summed E-state index contributed by atoms with van der Waals surface area (Å²) in [5, 5.41) is 5.93. The first-order valence-corrected chi connectivity index (χ1v) is 11.5. The van der Waals surface area contributed by atoms with Crippen molar-refractivity contribution in [3.8, 4) is 0 Å². The first kappa shape index (κ1) is 22.2. The summed E-state index contributed by atoms with van der Waals surface area (Å²) in [5.41, 5.74) is 1.63. The predicted octanol–water partition coefficient (Wildman–Crippen LogP) is 4.96. The molecule has 1 aliphatic heterocycles. The minimum Gasteiger partial charge on any atom is -0.455 e. The van der Waals surface area contributed by atoms with Gasteiger partial charge in [0.2, 0.25) is 5.91 Å². The Kier molecular flexibility index (Phi) is 6.15. The number of amides is 1. The molecule has 2 atom stereocenters. The Hall–Kier alpha value is -3.00. The zero-order chi connectivity index (χ0) is 22.9. The van der Waals surface area contributed by atoms with Gasteiger partial charge in [0, 0.05) is 22.4 Å². The molecule has 0 saturated carbocycles. The van der Waals surface area contributed by atoms with Gasteiger partial charge in [-0.25, -0.2) is 0 Å². The van der Waals surface area contributed by atoms with Crippen LogP contribution in [0.4, 0.5) is 5.69 Å². The number of aryl methyl sites for hydroxylation is 1. The number of ether oxygens (including phenoxy) is 1. The molecule has 0 bridgehead atoms. The highest BCUT2D eigenvalue weighted by Gasteiger charge is 2.43. The molecule has 168 valence electrons. The Morgan fingerprint density at radius 3 is 2.62 bits per heavy atom. The Labute approximate surface area is 191 Å². The lowest BCUT2D eigenvalue weighted by molar-refractivity contribution is -0.153. The summed E-state index contributed by atoms with van der Waals surface area (Å²) in [6.07, 6.45) is 0.712. The molecule has 1 fully saturated rings. The van der Waals surface area contributed by atoms with E-state index in [2.05, 4.69) is 10.1 Å². The molecule has 8 heteroatoms. The van der Waals surface area contributed by atoms with Crippen molar-refractivity contribution >= 4 is 28.9 Å². The molecule has 1 saturated heterocycles. The molecule has 0 N–H and O–H groups in total. The Balaban J connectivity index is 1.57. The van der Waals surface area contributed by atoms with Gasteiger partial charge in [0.1, 0.15) is 0 Å². The van der Waals surface area contributed by atoms with Gasteiger partial charge in [-0.1, -0.05) is 49.7 Å². The average Bonchev–Trinajstić information content (AvgIpc) is 3.44.